The predicted molar refractivity (Wildman–Crippen MR) is 91.7 cm³/mol. The average Bonchev–Trinajstić information content (AvgIpc) is 3.17. The molecule has 3 rings (SSSR count). The minimum absolute atomic E-state index is 0.673. The Hall–Kier alpha value is -2.48. The van der Waals surface area contributed by atoms with E-state index in [9.17, 15) is 0 Å². The third-order valence-electron chi connectivity index (χ3n) is 3.33. The zero-order valence-electron chi connectivity index (χ0n) is 13.2. The lowest BCUT2D eigenvalue weighted by atomic mass is 10.4. The molecule has 0 amide bonds. The lowest BCUT2D eigenvalue weighted by Crippen LogP contribution is -2.38. The van der Waals surface area contributed by atoms with Crippen LogP contribution < -0.4 is 10.6 Å². The number of fused-ring (bicyclic) bond motifs is 1. The Kier molecular flexibility index (Phi) is 4.82. The van der Waals surface area contributed by atoms with E-state index in [1.165, 1.54) is 4.88 Å². The van der Waals surface area contributed by atoms with E-state index in [4.69, 9.17) is 0 Å². The number of rotatable bonds is 5. The van der Waals surface area contributed by atoms with Crippen LogP contribution in [0.3, 0.4) is 0 Å². The van der Waals surface area contributed by atoms with Gasteiger partial charge in [0.1, 0.15) is 10.8 Å². The average molecular weight is 329 g/mol. The molecule has 2 N–H and O–H groups in total. The van der Waals surface area contributed by atoms with Gasteiger partial charge in [-0.3, -0.25) is 9.39 Å². The van der Waals surface area contributed by atoms with Gasteiger partial charge in [-0.05, 0) is 19.1 Å². The van der Waals surface area contributed by atoms with Crippen molar-refractivity contribution < 1.29 is 0 Å². The highest BCUT2D eigenvalue weighted by atomic mass is 32.1. The summed E-state index contributed by atoms with van der Waals surface area (Å²) in [7, 11) is 1.76. The van der Waals surface area contributed by atoms with Crippen LogP contribution >= 0.6 is 11.3 Å². The van der Waals surface area contributed by atoms with Crippen molar-refractivity contribution in [1.82, 2.24) is 30.2 Å². The molecule has 0 radical (unpaired) electrons. The highest BCUT2D eigenvalue weighted by Crippen LogP contribution is 2.10. The second kappa shape index (κ2) is 7.19. The molecule has 0 aliphatic rings. The molecule has 0 fully saturated rings. The molecule has 7 nitrogen and oxygen atoms in total. The smallest absolute Gasteiger partial charge is 0.191 e. The van der Waals surface area contributed by atoms with Crippen LogP contribution in [-0.4, -0.2) is 39.1 Å². The van der Waals surface area contributed by atoms with Crippen molar-refractivity contribution in [1.29, 1.82) is 0 Å². The van der Waals surface area contributed by atoms with Crippen molar-refractivity contribution >= 4 is 22.9 Å². The minimum Gasteiger partial charge on any atom is -0.356 e. The fourth-order valence-electron chi connectivity index (χ4n) is 2.22. The fraction of sp³-hybridized carbons (Fsp3) is 0.333. The number of aliphatic imine (C=N–C) groups is 1. The molecule has 0 aliphatic heterocycles. The van der Waals surface area contributed by atoms with E-state index in [1.807, 2.05) is 35.0 Å². The normalized spacial score (nSPS) is 11.8. The lowest BCUT2D eigenvalue weighted by molar-refractivity contribution is 0.759. The van der Waals surface area contributed by atoms with E-state index in [1.54, 1.807) is 18.4 Å². The van der Waals surface area contributed by atoms with Gasteiger partial charge >= 0.3 is 0 Å². The van der Waals surface area contributed by atoms with Crippen LogP contribution in [0.4, 0.5) is 0 Å². The molecule has 120 valence electrons. The topological polar surface area (TPSA) is 79.5 Å². The van der Waals surface area contributed by atoms with E-state index in [2.05, 4.69) is 37.7 Å². The van der Waals surface area contributed by atoms with Gasteiger partial charge in [-0.2, -0.15) is 0 Å². The molecule has 0 saturated carbocycles. The number of hydrogen-bond donors (Lipinski definition) is 2. The predicted octanol–water partition coefficient (Wildman–Crippen LogP) is 1.40. The second-order valence-corrected chi connectivity index (χ2v) is 6.33. The van der Waals surface area contributed by atoms with Gasteiger partial charge < -0.3 is 10.6 Å². The maximum absolute atomic E-state index is 4.33. The molecular weight excluding hydrogens is 310 g/mol. The minimum atomic E-state index is 0.673. The summed E-state index contributed by atoms with van der Waals surface area (Å²) in [5.41, 5.74) is 0.865. The van der Waals surface area contributed by atoms with Crippen LogP contribution in [0, 0.1) is 6.92 Å². The summed E-state index contributed by atoms with van der Waals surface area (Å²) >= 11 is 1.69. The first-order valence-corrected chi connectivity index (χ1v) is 8.22. The number of aryl methyl sites for hydroxylation is 1. The number of nitrogens with zero attached hydrogens (tertiary/aromatic N) is 5. The molecule has 3 aromatic heterocycles. The first-order valence-electron chi connectivity index (χ1n) is 7.41. The zero-order chi connectivity index (χ0) is 16.1. The van der Waals surface area contributed by atoms with Gasteiger partial charge in [0.15, 0.2) is 11.6 Å². The molecule has 0 bridgehead atoms. The van der Waals surface area contributed by atoms with Gasteiger partial charge in [-0.25, -0.2) is 4.98 Å². The van der Waals surface area contributed by atoms with E-state index in [-0.39, 0.29) is 0 Å². The molecule has 3 heterocycles. The number of aromatic nitrogens is 4. The molecule has 3 aromatic rings. The van der Waals surface area contributed by atoms with Gasteiger partial charge in [0, 0.05) is 37.3 Å². The van der Waals surface area contributed by atoms with Gasteiger partial charge in [0.05, 0.1) is 6.54 Å². The maximum Gasteiger partial charge on any atom is 0.191 e. The highest BCUT2D eigenvalue weighted by Gasteiger charge is 2.05. The molecule has 0 aliphatic carbocycles. The van der Waals surface area contributed by atoms with Gasteiger partial charge in [-0.15, -0.1) is 21.5 Å². The Morgan fingerprint density at radius 3 is 3.00 bits per heavy atom. The number of guanidine groups is 1. The summed E-state index contributed by atoms with van der Waals surface area (Å²) in [6.07, 6.45) is 4.62. The van der Waals surface area contributed by atoms with Gasteiger partial charge in [-0.1, -0.05) is 6.07 Å². The maximum atomic E-state index is 4.33. The van der Waals surface area contributed by atoms with Crippen LogP contribution in [0.1, 0.15) is 15.7 Å². The first-order chi connectivity index (χ1) is 11.3. The summed E-state index contributed by atoms with van der Waals surface area (Å²) in [4.78, 5) is 9.76. The monoisotopic (exact) mass is 329 g/mol. The Balaban J connectivity index is 1.50. The fourth-order valence-corrected chi connectivity index (χ4v) is 2.94. The van der Waals surface area contributed by atoms with E-state index < -0.39 is 0 Å². The molecule has 0 atom stereocenters. The third-order valence-corrected chi connectivity index (χ3v) is 4.24. The van der Waals surface area contributed by atoms with Crippen molar-refractivity contribution in [3.63, 3.8) is 0 Å². The van der Waals surface area contributed by atoms with Gasteiger partial charge in [0.2, 0.25) is 0 Å². The Bertz CT molecular complexity index is 805. The molecule has 0 saturated heterocycles. The van der Waals surface area contributed by atoms with Crippen molar-refractivity contribution in [2.75, 3.05) is 13.6 Å². The molecule has 0 aromatic carbocycles. The summed E-state index contributed by atoms with van der Waals surface area (Å²) < 4.78 is 2.00. The van der Waals surface area contributed by atoms with E-state index >= 15 is 0 Å². The summed E-state index contributed by atoms with van der Waals surface area (Å²) in [5, 5.41) is 16.0. The quantitative estimate of drug-likeness (QED) is 0.546. The third kappa shape index (κ3) is 3.84. The van der Waals surface area contributed by atoms with Gasteiger partial charge in [0.25, 0.3) is 0 Å². The second-order valence-electron chi connectivity index (χ2n) is 5.01. The van der Waals surface area contributed by atoms with E-state index in [0.717, 1.165) is 35.4 Å². The Labute approximate surface area is 138 Å². The number of pyridine rings is 1. The van der Waals surface area contributed by atoms with E-state index in [0.29, 0.717) is 6.54 Å². The van der Waals surface area contributed by atoms with Crippen LogP contribution in [0.5, 0.6) is 0 Å². The number of thiazole rings is 1. The standard InChI is InChI=1S/C15H19N7S/c1-11-9-18-14(23-11)10-19-15(16-2)17-7-6-13-21-20-12-5-3-4-8-22(12)13/h3-5,8-9H,6-7,10H2,1-2H3,(H2,16,17,19). The molecule has 0 spiro atoms. The first kappa shape index (κ1) is 15.4. The largest absolute Gasteiger partial charge is 0.356 e. The number of hydrogen-bond acceptors (Lipinski definition) is 5. The zero-order valence-corrected chi connectivity index (χ0v) is 14.0. The SMILES string of the molecule is CN=C(NCCc1nnc2ccccn12)NCc1ncc(C)s1. The molecule has 23 heavy (non-hydrogen) atoms. The van der Waals surface area contributed by atoms with Crippen LogP contribution in [-0.2, 0) is 13.0 Å². The Morgan fingerprint density at radius 1 is 1.30 bits per heavy atom. The van der Waals surface area contributed by atoms with Crippen molar-refractivity contribution in [3.05, 3.63) is 46.3 Å². The van der Waals surface area contributed by atoms with Crippen LogP contribution in [0.25, 0.3) is 5.65 Å². The van der Waals surface area contributed by atoms with Crippen LogP contribution in [0.2, 0.25) is 0 Å². The van der Waals surface area contributed by atoms with Crippen molar-refractivity contribution in [3.8, 4) is 0 Å². The summed E-state index contributed by atoms with van der Waals surface area (Å²) in [5.74, 6) is 1.69. The highest BCUT2D eigenvalue weighted by molar-refractivity contribution is 7.11. The van der Waals surface area contributed by atoms with Crippen molar-refractivity contribution in [2.24, 2.45) is 4.99 Å². The molecular formula is C15H19N7S. The van der Waals surface area contributed by atoms with Crippen molar-refractivity contribution in [2.45, 2.75) is 19.9 Å². The summed E-state index contributed by atoms with van der Waals surface area (Å²) in [6.45, 7) is 3.45. The molecule has 8 heteroatoms. The molecule has 0 unspecified atom stereocenters. The lowest BCUT2D eigenvalue weighted by Gasteiger charge is -2.10. The Morgan fingerprint density at radius 2 is 2.22 bits per heavy atom. The number of nitrogens with one attached hydrogen (secondary N) is 2. The van der Waals surface area contributed by atoms with Crippen LogP contribution in [0.15, 0.2) is 35.6 Å². The summed E-state index contributed by atoms with van der Waals surface area (Å²) in [6, 6.07) is 5.88.